The topological polar surface area (TPSA) is 63.3 Å². The third kappa shape index (κ3) is 7.69. The summed E-state index contributed by atoms with van der Waals surface area (Å²) in [4.78, 5) is 10.3. The van der Waals surface area contributed by atoms with Gasteiger partial charge in [0, 0.05) is 12.2 Å². The molecule has 0 amide bonds. The molecule has 0 aromatic heterocycles. The van der Waals surface area contributed by atoms with Crippen LogP contribution in [0.1, 0.15) is 19.3 Å². The first-order chi connectivity index (χ1) is 6.18. The predicted molar refractivity (Wildman–Crippen MR) is 55.6 cm³/mol. The number of rotatable bonds is 7. The normalized spacial score (nSPS) is 12.0. The fraction of sp³-hybridized carbons (Fsp3) is 0.667. The van der Waals surface area contributed by atoms with E-state index in [0.717, 1.165) is 25.0 Å². The Morgan fingerprint density at radius 2 is 2.31 bits per heavy atom. The summed E-state index contributed by atoms with van der Waals surface area (Å²) in [7, 11) is 0. The van der Waals surface area contributed by atoms with Crippen LogP contribution in [-0.2, 0) is 4.79 Å². The van der Waals surface area contributed by atoms with Gasteiger partial charge in [0.2, 0.25) is 0 Å². The Kier molecular flexibility index (Phi) is 7.56. The van der Waals surface area contributed by atoms with Crippen LogP contribution in [0.3, 0.4) is 0 Å². The highest BCUT2D eigenvalue weighted by Crippen LogP contribution is 2.06. The fourth-order valence-electron chi connectivity index (χ4n) is 0.713. The third-order valence-electron chi connectivity index (χ3n) is 1.47. The van der Waals surface area contributed by atoms with Gasteiger partial charge < -0.3 is 10.8 Å². The summed E-state index contributed by atoms with van der Waals surface area (Å²) in [5.41, 5.74) is 5.30. The maximum atomic E-state index is 10.3. The highest BCUT2D eigenvalue weighted by molar-refractivity contribution is 7.99. The second kappa shape index (κ2) is 7.96. The Morgan fingerprint density at radius 1 is 1.62 bits per heavy atom. The molecule has 0 unspecified atom stereocenters. The SMILES string of the molecule is C#CCCCCSC[C@H](N)C(=O)O. The van der Waals surface area contributed by atoms with Crippen molar-refractivity contribution in [2.24, 2.45) is 5.73 Å². The maximum Gasteiger partial charge on any atom is 0.321 e. The summed E-state index contributed by atoms with van der Waals surface area (Å²) in [5.74, 6) is 3.03. The molecule has 0 spiro atoms. The lowest BCUT2D eigenvalue weighted by Crippen LogP contribution is -2.32. The van der Waals surface area contributed by atoms with Gasteiger partial charge in [-0.15, -0.1) is 12.3 Å². The van der Waals surface area contributed by atoms with Gasteiger partial charge in [0.15, 0.2) is 0 Å². The smallest absolute Gasteiger partial charge is 0.321 e. The van der Waals surface area contributed by atoms with Crippen molar-refractivity contribution in [3.05, 3.63) is 0 Å². The third-order valence-corrected chi connectivity index (χ3v) is 2.65. The van der Waals surface area contributed by atoms with E-state index in [9.17, 15) is 4.79 Å². The molecule has 13 heavy (non-hydrogen) atoms. The number of carboxylic acid groups (broad SMARTS) is 1. The van der Waals surface area contributed by atoms with Crippen LogP contribution < -0.4 is 5.73 Å². The van der Waals surface area contributed by atoms with Gasteiger partial charge in [-0.2, -0.15) is 11.8 Å². The second-order valence-corrected chi connectivity index (χ2v) is 3.83. The average molecular weight is 201 g/mol. The minimum atomic E-state index is -0.934. The first-order valence-electron chi connectivity index (χ1n) is 4.18. The van der Waals surface area contributed by atoms with Crippen LogP contribution >= 0.6 is 11.8 Å². The molecule has 0 saturated heterocycles. The van der Waals surface area contributed by atoms with E-state index in [1.165, 1.54) is 0 Å². The molecule has 0 fully saturated rings. The fourth-order valence-corrected chi connectivity index (χ4v) is 1.68. The summed E-state index contributed by atoms with van der Waals surface area (Å²) < 4.78 is 0. The van der Waals surface area contributed by atoms with E-state index in [-0.39, 0.29) is 0 Å². The van der Waals surface area contributed by atoms with Crippen molar-refractivity contribution >= 4 is 17.7 Å². The van der Waals surface area contributed by atoms with Crippen LogP contribution in [0.25, 0.3) is 0 Å². The zero-order valence-corrected chi connectivity index (χ0v) is 8.35. The molecule has 0 aliphatic carbocycles. The van der Waals surface area contributed by atoms with Gasteiger partial charge in [0.25, 0.3) is 0 Å². The standard InChI is InChI=1S/C9H15NO2S/c1-2-3-4-5-6-13-7-8(10)9(11)12/h1,8H,3-7,10H2,(H,11,12)/t8-/m0/s1. The quantitative estimate of drug-likeness (QED) is 0.475. The van der Waals surface area contributed by atoms with Crippen LogP contribution in [0.15, 0.2) is 0 Å². The maximum absolute atomic E-state index is 10.3. The van der Waals surface area contributed by atoms with Gasteiger partial charge in [0.05, 0.1) is 0 Å². The number of carboxylic acids is 1. The first-order valence-corrected chi connectivity index (χ1v) is 5.33. The van der Waals surface area contributed by atoms with Crippen molar-refractivity contribution in [1.29, 1.82) is 0 Å². The summed E-state index contributed by atoms with van der Waals surface area (Å²) in [6.45, 7) is 0. The molecule has 1 atom stereocenters. The van der Waals surface area contributed by atoms with E-state index in [0.29, 0.717) is 5.75 Å². The summed E-state index contributed by atoms with van der Waals surface area (Å²) >= 11 is 1.57. The number of hydrogen-bond acceptors (Lipinski definition) is 3. The number of terminal acetylenes is 1. The molecule has 4 heteroatoms. The molecular weight excluding hydrogens is 186 g/mol. The number of aliphatic carboxylic acids is 1. The van der Waals surface area contributed by atoms with E-state index in [4.69, 9.17) is 17.3 Å². The molecule has 0 bridgehead atoms. The summed E-state index contributed by atoms with van der Waals surface area (Å²) in [6, 6.07) is -0.738. The number of nitrogens with two attached hydrogens (primary N) is 1. The highest BCUT2D eigenvalue weighted by atomic mass is 32.2. The number of unbranched alkanes of at least 4 members (excludes halogenated alkanes) is 2. The lowest BCUT2D eigenvalue weighted by atomic mass is 10.3. The molecule has 0 rings (SSSR count). The molecule has 0 heterocycles. The van der Waals surface area contributed by atoms with Gasteiger partial charge in [-0.25, -0.2) is 0 Å². The zero-order chi connectivity index (χ0) is 10.1. The molecule has 3 N–H and O–H groups in total. The van der Waals surface area contributed by atoms with Crippen molar-refractivity contribution in [2.45, 2.75) is 25.3 Å². The first kappa shape index (κ1) is 12.3. The Hall–Kier alpha value is -0.660. The van der Waals surface area contributed by atoms with E-state index in [1.54, 1.807) is 11.8 Å². The molecular formula is C9H15NO2S. The molecule has 0 aliphatic heterocycles. The summed E-state index contributed by atoms with van der Waals surface area (Å²) in [5, 5.41) is 8.46. The van der Waals surface area contributed by atoms with Crippen LogP contribution in [0, 0.1) is 12.3 Å². The van der Waals surface area contributed by atoms with Crippen molar-refractivity contribution in [1.82, 2.24) is 0 Å². The predicted octanol–water partition coefficient (Wildman–Crippen LogP) is 0.935. The van der Waals surface area contributed by atoms with Crippen LogP contribution in [0.2, 0.25) is 0 Å². The van der Waals surface area contributed by atoms with Crippen molar-refractivity contribution in [3.63, 3.8) is 0 Å². The van der Waals surface area contributed by atoms with Crippen molar-refractivity contribution in [3.8, 4) is 12.3 Å². The van der Waals surface area contributed by atoms with Crippen molar-refractivity contribution in [2.75, 3.05) is 11.5 Å². The highest BCUT2D eigenvalue weighted by Gasteiger charge is 2.09. The minimum absolute atomic E-state index is 0.478. The lowest BCUT2D eigenvalue weighted by molar-refractivity contribution is -0.137. The minimum Gasteiger partial charge on any atom is -0.480 e. The number of thioether (sulfide) groups is 1. The van der Waals surface area contributed by atoms with Gasteiger partial charge in [0.1, 0.15) is 6.04 Å². The van der Waals surface area contributed by atoms with Gasteiger partial charge >= 0.3 is 5.97 Å². The zero-order valence-electron chi connectivity index (χ0n) is 7.53. The van der Waals surface area contributed by atoms with Gasteiger partial charge in [-0.3, -0.25) is 4.79 Å². The average Bonchev–Trinajstić information content (AvgIpc) is 2.10. The van der Waals surface area contributed by atoms with Crippen LogP contribution in [-0.4, -0.2) is 28.6 Å². The van der Waals surface area contributed by atoms with E-state index in [1.807, 2.05) is 0 Å². The molecule has 0 aliphatic rings. The Labute approximate surface area is 83.1 Å². The molecule has 0 radical (unpaired) electrons. The van der Waals surface area contributed by atoms with Crippen LogP contribution in [0.4, 0.5) is 0 Å². The molecule has 0 saturated carbocycles. The van der Waals surface area contributed by atoms with E-state index < -0.39 is 12.0 Å². The van der Waals surface area contributed by atoms with Crippen LogP contribution in [0.5, 0.6) is 0 Å². The summed E-state index contributed by atoms with van der Waals surface area (Å²) in [6.07, 6.45) is 7.91. The second-order valence-electron chi connectivity index (χ2n) is 2.68. The Bertz CT molecular complexity index is 189. The largest absolute Gasteiger partial charge is 0.480 e. The Morgan fingerprint density at radius 3 is 2.85 bits per heavy atom. The monoisotopic (exact) mass is 201 g/mol. The number of carbonyl (C=O) groups is 1. The lowest BCUT2D eigenvalue weighted by Gasteiger charge is -2.04. The van der Waals surface area contributed by atoms with Crippen molar-refractivity contribution < 1.29 is 9.90 Å². The molecule has 3 nitrogen and oxygen atoms in total. The van der Waals surface area contributed by atoms with Gasteiger partial charge in [-0.05, 0) is 18.6 Å². The molecule has 0 aromatic carbocycles. The van der Waals surface area contributed by atoms with E-state index >= 15 is 0 Å². The molecule has 0 aromatic rings. The van der Waals surface area contributed by atoms with E-state index in [2.05, 4.69) is 5.92 Å². The van der Waals surface area contributed by atoms with Gasteiger partial charge in [-0.1, -0.05) is 0 Å². The Balaban J connectivity index is 3.17. The molecule has 74 valence electrons. The number of hydrogen-bond donors (Lipinski definition) is 2.